The van der Waals surface area contributed by atoms with Crippen LogP contribution in [0.1, 0.15) is 73.1 Å². The number of benzene rings is 3. The lowest BCUT2D eigenvalue weighted by Crippen LogP contribution is -2.48. The summed E-state index contributed by atoms with van der Waals surface area (Å²) in [7, 11) is 1.91. The van der Waals surface area contributed by atoms with Crippen LogP contribution in [0.2, 0.25) is 5.02 Å². The molecule has 1 fully saturated rings. The molecule has 5 aromatic rings. The van der Waals surface area contributed by atoms with Crippen LogP contribution in [0.3, 0.4) is 0 Å². The molecule has 3 heterocycles. The summed E-state index contributed by atoms with van der Waals surface area (Å²) in [6.07, 6.45) is 2.46. The number of aromatic nitrogens is 3. The number of H-pyrrole nitrogens is 1. The molecule has 1 unspecified atom stereocenters. The number of likely N-dealkylation sites (tertiary alicyclic amines) is 1. The van der Waals surface area contributed by atoms with E-state index in [-0.39, 0.29) is 19.0 Å². The average Bonchev–Trinajstić information content (AvgIpc) is 3.65. The molecule has 278 valence electrons. The zero-order valence-electron chi connectivity index (χ0n) is 30.0. The number of hydrogen-bond donors (Lipinski definition) is 2. The molecule has 2 aromatic heterocycles. The number of carbonyl (C=O) groups excluding carboxylic acids is 1. The first-order valence-corrected chi connectivity index (χ1v) is 18.6. The van der Waals surface area contributed by atoms with E-state index in [1.807, 2.05) is 42.1 Å². The molecule has 1 aliphatic heterocycles. The zero-order chi connectivity index (χ0) is 36.8. The van der Waals surface area contributed by atoms with Crippen molar-refractivity contribution in [1.82, 2.24) is 19.7 Å². The van der Waals surface area contributed by atoms with Crippen LogP contribution in [0, 0.1) is 5.82 Å². The topological polar surface area (TPSA) is 102 Å². The Morgan fingerprint density at radius 2 is 1.88 bits per heavy atom. The molecule has 9 nitrogen and oxygen atoms in total. The van der Waals surface area contributed by atoms with Gasteiger partial charge in [0.2, 0.25) is 0 Å². The molecule has 12 heteroatoms. The number of nitrogens with one attached hydrogen (secondary N) is 1. The van der Waals surface area contributed by atoms with Crippen molar-refractivity contribution >= 4 is 39.2 Å². The molecule has 0 saturated carbocycles. The lowest BCUT2D eigenvalue weighted by molar-refractivity contribution is 0.0116. The fraction of sp³-hybridized carbons (Fsp3) is 0.450. The Labute approximate surface area is 307 Å². The SMILES string of the molecule is CCOC(=O)c1[nH]c2c(-c3c(C(CCN4CC(F)C4)OCCCCO)nn(C)c3CC)c(Cl)ccc2c1CCCOc1cccc2cc(F)ccc12. The van der Waals surface area contributed by atoms with E-state index in [1.165, 1.54) is 12.1 Å². The van der Waals surface area contributed by atoms with Gasteiger partial charge in [-0.15, -0.1) is 0 Å². The monoisotopic (exact) mass is 736 g/mol. The lowest BCUT2D eigenvalue weighted by Gasteiger charge is -2.35. The van der Waals surface area contributed by atoms with Crippen molar-refractivity contribution in [2.75, 3.05) is 46.1 Å². The van der Waals surface area contributed by atoms with Gasteiger partial charge >= 0.3 is 5.97 Å². The van der Waals surface area contributed by atoms with Gasteiger partial charge in [0, 0.05) is 67.5 Å². The summed E-state index contributed by atoms with van der Waals surface area (Å²) in [6.45, 7) is 6.41. The molecule has 1 atom stereocenters. The summed E-state index contributed by atoms with van der Waals surface area (Å²) in [5, 5.41) is 17.3. The van der Waals surface area contributed by atoms with E-state index < -0.39 is 18.2 Å². The molecule has 0 radical (unpaired) electrons. The van der Waals surface area contributed by atoms with Crippen molar-refractivity contribution in [3.05, 3.63) is 82.0 Å². The van der Waals surface area contributed by atoms with Gasteiger partial charge in [-0.2, -0.15) is 5.10 Å². The van der Waals surface area contributed by atoms with Gasteiger partial charge in [-0.05, 0) is 86.7 Å². The molecule has 0 spiro atoms. The van der Waals surface area contributed by atoms with E-state index in [1.54, 1.807) is 13.0 Å². The van der Waals surface area contributed by atoms with Gasteiger partial charge in [0.05, 0.1) is 29.4 Å². The van der Waals surface area contributed by atoms with Crippen molar-refractivity contribution in [3.8, 4) is 16.9 Å². The van der Waals surface area contributed by atoms with Crippen LogP contribution in [0.15, 0.2) is 48.5 Å². The summed E-state index contributed by atoms with van der Waals surface area (Å²) < 4.78 is 47.5. The standard InChI is InChI=1S/C40H47ClF2N4O5/c1-4-32-36(39(45-46(32)3)34(52-20-7-6-19-48)17-18-47-23-27(43)24-47)35-31(41)16-15-30-29(38(44-37(30)35)40(49)50-5-2)11-9-21-51-33-12-8-10-25-22-26(42)13-14-28(25)33/h8,10,12-16,22,27,34,44,48H,4-7,9,11,17-21,23-24H2,1-3H3. The van der Waals surface area contributed by atoms with Crippen LogP contribution in [0.25, 0.3) is 32.8 Å². The van der Waals surface area contributed by atoms with E-state index in [0.717, 1.165) is 44.2 Å². The quantitative estimate of drug-likeness (QED) is 0.0692. The minimum absolute atomic E-state index is 0.0839. The number of fused-ring (bicyclic) bond motifs is 2. The van der Waals surface area contributed by atoms with Crippen LogP contribution in [-0.4, -0.2) is 83.0 Å². The van der Waals surface area contributed by atoms with Crippen LogP contribution in [-0.2, 0) is 29.4 Å². The molecule has 2 N–H and O–H groups in total. The number of esters is 1. The predicted molar refractivity (Wildman–Crippen MR) is 200 cm³/mol. The summed E-state index contributed by atoms with van der Waals surface area (Å²) in [4.78, 5) is 18.9. The molecule has 0 amide bonds. The number of aliphatic hydroxyl groups excluding tert-OH is 1. The number of alkyl halides is 1. The minimum Gasteiger partial charge on any atom is -0.493 e. The summed E-state index contributed by atoms with van der Waals surface area (Å²) in [5.41, 5.74) is 5.12. The number of rotatable bonds is 18. The highest BCUT2D eigenvalue weighted by atomic mass is 35.5. The molecule has 6 rings (SSSR count). The third kappa shape index (κ3) is 8.12. The Balaban J connectivity index is 1.36. The zero-order valence-corrected chi connectivity index (χ0v) is 30.8. The van der Waals surface area contributed by atoms with Gasteiger partial charge in [0.25, 0.3) is 0 Å². The van der Waals surface area contributed by atoms with E-state index >= 15 is 0 Å². The Morgan fingerprint density at radius 1 is 1.08 bits per heavy atom. The third-order valence-electron chi connectivity index (χ3n) is 9.72. The largest absolute Gasteiger partial charge is 0.493 e. The average molecular weight is 737 g/mol. The fourth-order valence-corrected chi connectivity index (χ4v) is 7.42. The van der Waals surface area contributed by atoms with Crippen LogP contribution in [0.5, 0.6) is 5.75 Å². The van der Waals surface area contributed by atoms with Crippen molar-refractivity contribution < 1.29 is 32.9 Å². The van der Waals surface area contributed by atoms with Gasteiger partial charge in [-0.3, -0.25) is 9.58 Å². The van der Waals surface area contributed by atoms with Gasteiger partial charge < -0.3 is 24.3 Å². The number of aromatic amines is 1. The maximum atomic E-state index is 13.8. The van der Waals surface area contributed by atoms with E-state index in [2.05, 4.69) is 16.8 Å². The second-order valence-electron chi connectivity index (χ2n) is 13.2. The molecule has 52 heavy (non-hydrogen) atoms. The van der Waals surface area contributed by atoms with E-state index in [4.69, 9.17) is 30.9 Å². The Bertz CT molecular complexity index is 2010. The number of ether oxygens (including phenoxy) is 3. The molecular formula is C40H47ClF2N4O5. The van der Waals surface area contributed by atoms with Gasteiger partial charge in [0.1, 0.15) is 29.5 Å². The predicted octanol–water partition coefficient (Wildman–Crippen LogP) is 8.14. The van der Waals surface area contributed by atoms with Crippen molar-refractivity contribution in [2.24, 2.45) is 7.05 Å². The molecule has 0 bridgehead atoms. The number of aryl methyl sites for hydroxylation is 2. The summed E-state index contributed by atoms with van der Waals surface area (Å²) in [5.74, 6) is -0.0942. The molecular weight excluding hydrogens is 690 g/mol. The summed E-state index contributed by atoms with van der Waals surface area (Å²) >= 11 is 7.09. The number of unbranched alkanes of at least 4 members (excludes halogenated alkanes) is 1. The number of nitrogens with zero attached hydrogens (tertiary/aromatic N) is 3. The van der Waals surface area contributed by atoms with Gasteiger partial charge in [-0.1, -0.05) is 36.7 Å². The van der Waals surface area contributed by atoms with Crippen LogP contribution >= 0.6 is 11.6 Å². The number of hydrogen-bond acceptors (Lipinski definition) is 7. The first-order valence-electron chi connectivity index (χ1n) is 18.2. The van der Waals surface area contributed by atoms with E-state index in [9.17, 15) is 18.7 Å². The van der Waals surface area contributed by atoms with Gasteiger partial charge in [0.15, 0.2) is 0 Å². The fourth-order valence-electron chi connectivity index (χ4n) is 7.17. The number of aliphatic hydroxyl groups is 1. The molecule has 1 saturated heterocycles. The maximum Gasteiger partial charge on any atom is 0.355 e. The second kappa shape index (κ2) is 17.2. The third-order valence-corrected chi connectivity index (χ3v) is 10.0. The maximum absolute atomic E-state index is 13.8. The smallest absolute Gasteiger partial charge is 0.355 e. The van der Waals surface area contributed by atoms with Crippen LogP contribution < -0.4 is 4.74 Å². The lowest BCUT2D eigenvalue weighted by atomic mass is 9.94. The molecule has 3 aromatic carbocycles. The highest BCUT2D eigenvalue weighted by molar-refractivity contribution is 6.35. The van der Waals surface area contributed by atoms with E-state index in [0.29, 0.717) is 93.4 Å². The highest BCUT2D eigenvalue weighted by Crippen LogP contribution is 2.43. The molecule has 1 aliphatic rings. The Kier molecular flexibility index (Phi) is 12.5. The first-order chi connectivity index (χ1) is 25.2. The van der Waals surface area contributed by atoms with Crippen molar-refractivity contribution in [3.63, 3.8) is 0 Å². The first kappa shape index (κ1) is 37.7. The normalized spacial score (nSPS) is 14.3. The Hall–Kier alpha value is -4.03. The molecule has 0 aliphatic carbocycles. The van der Waals surface area contributed by atoms with Crippen molar-refractivity contribution in [2.45, 2.75) is 64.6 Å². The van der Waals surface area contributed by atoms with Gasteiger partial charge in [-0.25, -0.2) is 13.6 Å². The number of carbonyl (C=O) groups is 1. The summed E-state index contributed by atoms with van der Waals surface area (Å²) in [6, 6.07) is 14.0. The van der Waals surface area contributed by atoms with Crippen molar-refractivity contribution in [1.29, 1.82) is 0 Å². The second-order valence-corrected chi connectivity index (χ2v) is 13.6. The Morgan fingerprint density at radius 3 is 2.63 bits per heavy atom. The number of halogens is 3. The van der Waals surface area contributed by atoms with Crippen LogP contribution in [0.4, 0.5) is 8.78 Å². The highest BCUT2D eigenvalue weighted by Gasteiger charge is 2.32. The minimum atomic E-state index is -0.802.